The number of hydrogen-bond donors (Lipinski definition) is 2. The number of carbonyl (C=O) groups excluding carboxylic acids is 1. The molecule has 0 radical (unpaired) electrons. The van der Waals surface area contributed by atoms with Crippen LogP contribution >= 0.6 is 24.0 Å². The van der Waals surface area contributed by atoms with Crippen molar-refractivity contribution in [3.8, 4) is 0 Å². The van der Waals surface area contributed by atoms with Gasteiger partial charge in [-0.3, -0.25) is 4.79 Å². The van der Waals surface area contributed by atoms with E-state index in [1.165, 1.54) is 0 Å². The van der Waals surface area contributed by atoms with Crippen molar-refractivity contribution in [3.05, 3.63) is 0 Å². The maximum Gasteiger partial charge on any atom is 0.406 e. The lowest BCUT2D eigenvalue weighted by Crippen LogP contribution is -2.40. The van der Waals surface area contributed by atoms with E-state index in [1.807, 2.05) is 6.92 Å². The van der Waals surface area contributed by atoms with Gasteiger partial charge in [0.15, 0.2) is 5.96 Å². The number of guanidine groups is 1. The second-order valence-corrected chi connectivity index (χ2v) is 5.94. The summed E-state index contributed by atoms with van der Waals surface area (Å²) in [4.78, 5) is 15.9. The van der Waals surface area contributed by atoms with Crippen LogP contribution < -0.4 is 11.1 Å². The highest BCUT2D eigenvalue weighted by Gasteiger charge is 2.30. The summed E-state index contributed by atoms with van der Waals surface area (Å²) in [6, 6.07) is 0.102. The fourth-order valence-electron chi connectivity index (χ4n) is 1.83. The van der Waals surface area contributed by atoms with Crippen molar-refractivity contribution in [2.24, 2.45) is 16.6 Å². The predicted octanol–water partition coefficient (Wildman–Crippen LogP) is 2.74. The molecule has 1 unspecified atom stereocenters. The normalized spacial score (nSPS) is 13.5. The second-order valence-electron chi connectivity index (χ2n) is 5.94. The lowest BCUT2D eigenvalue weighted by Gasteiger charge is -2.18. The Hall–Kier alpha value is -0.740. The summed E-state index contributed by atoms with van der Waals surface area (Å²) in [6.45, 7) is 4.55. The van der Waals surface area contributed by atoms with Gasteiger partial charge in [-0.1, -0.05) is 26.7 Å². The molecule has 3 N–H and O–H groups in total. The van der Waals surface area contributed by atoms with Crippen LogP contribution in [0.2, 0.25) is 0 Å². The van der Waals surface area contributed by atoms with E-state index in [2.05, 4.69) is 24.2 Å². The van der Waals surface area contributed by atoms with Crippen LogP contribution in [-0.4, -0.2) is 49.1 Å². The second kappa shape index (κ2) is 11.7. The Kier molecular flexibility index (Phi) is 12.5. The van der Waals surface area contributed by atoms with Crippen LogP contribution in [0.25, 0.3) is 0 Å². The maximum atomic E-state index is 12.1. The summed E-state index contributed by atoms with van der Waals surface area (Å²) in [5, 5.41) is 2.93. The van der Waals surface area contributed by atoms with Crippen molar-refractivity contribution in [2.75, 3.05) is 20.1 Å². The fraction of sp³-hybridized carbons (Fsp3) is 0.857. The first kappa shape index (κ1) is 24.5. The molecule has 1 atom stereocenters. The number of nitrogens with two attached hydrogens (primary N) is 1. The Balaban J connectivity index is 0. The minimum absolute atomic E-state index is 0. The maximum absolute atomic E-state index is 12.1. The molecular weight excluding hydrogens is 424 g/mol. The minimum Gasteiger partial charge on any atom is -0.370 e. The number of alkyl halides is 3. The van der Waals surface area contributed by atoms with E-state index >= 15 is 0 Å². The molecule has 9 heteroatoms. The molecular formula is C14H28F3IN4O. The zero-order valence-corrected chi connectivity index (χ0v) is 16.4. The summed E-state index contributed by atoms with van der Waals surface area (Å²) in [7, 11) is 1.09. The highest BCUT2D eigenvalue weighted by molar-refractivity contribution is 14.0. The molecule has 0 spiro atoms. The SMILES string of the molecule is CC(C)CCCC(C)NC(N)=NCC(=O)N(C)CC(F)(F)F.I. The average Bonchev–Trinajstić information content (AvgIpc) is 2.33. The van der Waals surface area contributed by atoms with Crippen LogP contribution in [-0.2, 0) is 4.79 Å². The Morgan fingerprint density at radius 3 is 2.30 bits per heavy atom. The lowest BCUT2D eigenvalue weighted by atomic mass is 10.0. The first-order valence-electron chi connectivity index (χ1n) is 7.38. The number of amides is 1. The van der Waals surface area contributed by atoms with Crippen LogP contribution in [0.3, 0.4) is 0 Å². The summed E-state index contributed by atoms with van der Waals surface area (Å²) < 4.78 is 36.4. The highest BCUT2D eigenvalue weighted by atomic mass is 127. The molecule has 0 saturated heterocycles. The number of halogens is 4. The number of aliphatic imine (C=N–C) groups is 1. The van der Waals surface area contributed by atoms with E-state index in [-0.39, 0.29) is 36.0 Å². The van der Waals surface area contributed by atoms with Gasteiger partial charge in [0.2, 0.25) is 5.91 Å². The van der Waals surface area contributed by atoms with Crippen molar-refractivity contribution in [1.29, 1.82) is 0 Å². The molecule has 5 nitrogen and oxygen atoms in total. The standard InChI is InChI=1S/C14H27F3N4O.HI/c1-10(2)6-5-7-11(3)20-13(18)19-8-12(22)21(4)9-14(15,16)17;/h10-11H,5-9H2,1-4H3,(H3,18,19,20);1H. The lowest BCUT2D eigenvalue weighted by molar-refractivity contribution is -0.157. The van der Waals surface area contributed by atoms with E-state index in [4.69, 9.17) is 5.73 Å². The molecule has 0 aromatic rings. The summed E-state index contributed by atoms with van der Waals surface area (Å²) >= 11 is 0. The van der Waals surface area contributed by atoms with Crippen molar-refractivity contribution < 1.29 is 18.0 Å². The molecule has 0 aliphatic heterocycles. The third kappa shape index (κ3) is 14.6. The molecule has 0 aliphatic carbocycles. The van der Waals surface area contributed by atoms with E-state index in [9.17, 15) is 18.0 Å². The molecule has 0 aliphatic rings. The number of nitrogens with one attached hydrogen (secondary N) is 1. The molecule has 1 amide bonds. The summed E-state index contributed by atoms with van der Waals surface area (Å²) in [5.41, 5.74) is 5.63. The van der Waals surface area contributed by atoms with E-state index in [0.29, 0.717) is 10.8 Å². The van der Waals surface area contributed by atoms with Crippen molar-refractivity contribution in [1.82, 2.24) is 10.2 Å². The molecule has 0 fully saturated rings. The first-order chi connectivity index (χ1) is 10.0. The quantitative estimate of drug-likeness (QED) is 0.338. The molecule has 23 heavy (non-hydrogen) atoms. The van der Waals surface area contributed by atoms with Gasteiger partial charge in [0, 0.05) is 13.1 Å². The third-order valence-corrected chi connectivity index (χ3v) is 3.04. The minimum atomic E-state index is -4.41. The van der Waals surface area contributed by atoms with Crippen molar-refractivity contribution >= 4 is 35.8 Å². The van der Waals surface area contributed by atoms with Gasteiger partial charge in [0.25, 0.3) is 0 Å². The van der Waals surface area contributed by atoms with E-state index in [1.54, 1.807) is 0 Å². The Morgan fingerprint density at radius 2 is 1.83 bits per heavy atom. The van der Waals surface area contributed by atoms with Gasteiger partial charge in [-0.2, -0.15) is 13.2 Å². The van der Waals surface area contributed by atoms with Crippen LogP contribution in [0.15, 0.2) is 4.99 Å². The number of carbonyl (C=O) groups is 1. The predicted molar refractivity (Wildman–Crippen MR) is 96.9 cm³/mol. The summed E-state index contributed by atoms with van der Waals surface area (Å²) in [6.07, 6.45) is -1.34. The van der Waals surface area contributed by atoms with Crippen molar-refractivity contribution in [2.45, 2.75) is 52.3 Å². The number of hydrogen-bond acceptors (Lipinski definition) is 2. The van der Waals surface area contributed by atoms with E-state index in [0.717, 1.165) is 26.3 Å². The largest absolute Gasteiger partial charge is 0.406 e. The monoisotopic (exact) mass is 452 g/mol. The Labute approximate surface area is 153 Å². The molecule has 0 rings (SSSR count). The smallest absolute Gasteiger partial charge is 0.370 e. The highest BCUT2D eigenvalue weighted by Crippen LogP contribution is 2.15. The van der Waals surface area contributed by atoms with Crippen molar-refractivity contribution in [3.63, 3.8) is 0 Å². The topological polar surface area (TPSA) is 70.7 Å². The van der Waals surface area contributed by atoms with Crippen LogP contribution in [0.1, 0.15) is 40.0 Å². The van der Waals surface area contributed by atoms with Gasteiger partial charge < -0.3 is 16.0 Å². The van der Waals surface area contributed by atoms with Gasteiger partial charge in [0.1, 0.15) is 13.1 Å². The molecule has 0 saturated carbocycles. The number of likely N-dealkylation sites (N-methyl/N-ethyl adjacent to an activating group) is 1. The molecule has 0 aromatic heterocycles. The van der Waals surface area contributed by atoms with Gasteiger partial charge in [-0.15, -0.1) is 24.0 Å². The Morgan fingerprint density at radius 1 is 1.26 bits per heavy atom. The molecule has 0 heterocycles. The Bertz CT molecular complexity index is 376. The van der Waals surface area contributed by atoms with Gasteiger partial charge in [-0.25, -0.2) is 4.99 Å². The first-order valence-corrected chi connectivity index (χ1v) is 7.38. The zero-order chi connectivity index (χ0) is 17.3. The van der Waals surface area contributed by atoms with Crippen LogP contribution in [0.4, 0.5) is 13.2 Å². The van der Waals surface area contributed by atoms with Crippen LogP contribution in [0.5, 0.6) is 0 Å². The number of rotatable bonds is 8. The number of nitrogens with zero attached hydrogens (tertiary/aromatic N) is 2. The van der Waals surface area contributed by atoms with E-state index < -0.39 is 25.2 Å². The molecule has 0 bridgehead atoms. The molecule has 0 aromatic carbocycles. The fourth-order valence-corrected chi connectivity index (χ4v) is 1.83. The zero-order valence-electron chi connectivity index (χ0n) is 14.1. The van der Waals surface area contributed by atoms with Gasteiger partial charge >= 0.3 is 6.18 Å². The molecule has 138 valence electrons. The van der Waals surface area contributed by atoms with Gasteiger partial charge in [-0.05, 0) is 19.3 Å². The van der Waals surface area contributed by atoms with Crippen LogP contribution in [0, 0.1) is 5.92 Å². The summed E-state index contributed by atoms with van der Waals surface area (Å²) in [5.74, 6) is -0.0136. The average molecular weight is 452 g/mol. The van der Waals surface area contributed by atoms with Gasteiger partial charge in [0.05, 0.1) is 0 Å². The third-order valence-electron chi connectivity index (χ3n) is 3.04.